The number of aromatic amines is 1. The number of benzene rings is 1. The van der Waals surface area contributed by atoms with Crippen LogP contribution in [-0.4, -0.2) is 27.2 Å². The number of fused-ring (bicyclic) bond motifs is 1. The number of rotatable bonds is 4. The Bertz CT molecular complexity index is 762. The fraction of sp³-hybridized carbons (Fsp3) is 0.250. The summed E-state index contributed by atoms with van der Waals surface area (Å²) in [5, 5.41) is 19.6. The summed E-state index contributed by atoms with van der Waals surface area (Å²) in [5.74, 6) is -1.72. The van der Waals surface area contributed by atoms with Gasteiger partial charge in [0.1, 0.15) is 6.10 Å². The van der Waals surface area contributed by atoms with Gasteiger partial charge in [0.25, 0.3) is 0 Å². The van der Waals surface area contributed by atoms with E-state index in [9.17, 15) is 24.6 Å². The van der Waals surface area contributed by atoms with Crippen molar-refractivity contribution in [2.24, 2.45) is 5.73 Å². The number of primary amides is 1. The molecule has 0 spiro atoms. The molecule has 0 radical (unpaired) electrons. The van der Waals surface area contributed by atoms with Crippen molar-refractivity contribution in [3.63, 3.8) is 0 Å². The van der Waals surface area contributed by atoms with Gasteiger partial charge < -0.3 is 20.4 Å². The van der Waals surface area contributed by atoms with Crippen molar-refractivity contribution in [1.29, 1.82) is 0 Å². The van der Waals surface area contributed by atoms with E-state index >= 15 is 0 Å². The molecule has 1 heterocycles. The van der Waals surface area contributed by atoms with Gasteiger partial charge >= 0.3 is 11.4 Å². The van der Waals surface area contributed by atoms with Crippen LogP contribution in [0.1, 0.15) is 18.1 Å². The van der Waals surface area contributed by atoms with Crippen molar-refractivity contribution in [3.8, 4) is 0 Å². The van der Waals surface area contributed by atoms with Gasteiger partial charge in [-0.1, -0.05) is 12.1 Å². The van der Waals surface area contributed by atoms with E-state index in [1.165, 1.54) is 18.2 Å². The molecule has 2 rings (SSSR count). The minimum absolute atomic E-state index is 0.0428. The number of carbonyl (C=O) groups is 1. The Morgan fingerprint density at radius 3 is 2.70 bits per heavy atom. The zero-order chi connectivity index (χ0) is 14.9. The number of nitrogens with one attached hydrogen (secondary N) is 1. The van der Waals surface area contributed by atoms with Crippen LogP contribution in [0, 0.1) is 0 Å². The van der Waals surface area contributed by atoms with Gasteiger partial charge in [0.05, 0.1) is 23.4 Å². The largest absolute Gasteiger partial charge is 0.419 e. The number of aliphatic hydroxyl groups excluding tert-OH is 2. The highest BCUT2D eigenvalue weighted by molar-refractivity contribution is 5.81. The van der Waals surface area contributed by atoms with E-state index in [-0.39, 0.29) is 16.5 Å². The molecule has 0 aliphatic carbocycles. The van der Waals surface area contributed by atoms with Crippen LogP contribution in [0.4, 0.5) is 0 Å². The summed E-state index contributed by atoms with van der Waals surface area (Å²) in [6.45, 7) is 0. The van der Waals surface area contributed by atoms with Gasteiger partial charge in [0, 0.05) is 0 Å². The molecule has 0 bridgehead atoms. The molecule has 1 amide bonds. The second-order valence-corrected chi connectivity index (χ2v) is 4.25. The number of amides is 1. The molecule has 2 atom stereocenters. The van der Waals surface area contributed by atoms with Gasteiger partial charge in [-0.3, -0.25) is 9.78 Å². The molecule has 8 heteroatoms. The second-order valence-electron chi connectivity index (χ2n) is 4.25. The predicted molar refractivity (Wildman–Crippen MR) is 67.9 cm³/mol. The van der Waals surface area contributed by atoms with E-state index in [1.54, 1.807) is 0 Å². The lowest BCUT2D eigenvalue weighted by molar-refractivity contribution is -0.121. The molecule has 0 fully saturated rings. The Hall–Kier alpha value is -2.45. The highest BCUT2D eigenvalue weighted by Gasteiger charge is 2.23. The van der Waals surface area contributed by atoms with Crippen LogP contribution in [0.5, 0.6) is 0 Å². The van der Waals surface area contributed by atoms with Crippen molar-refractivity contribution in [2.45, 2.75) is 18.6 Å². The lowest BCUT2D eigenvalue weighted by Gasteiger charge is -2.17. The van der Waals surface area contributed by atoms with Crippen molar-refractivity contribution >= 4 is 16.8 Å². The first kappa shape index (κ1) is 14.0. The fourth-order valence-corrected chi connectivity index (χ4v) is 1.94. The first-order chi connectivity index (χ1) is 9.40. The zero-order valence-electron chi connectivity index (χ0n) is 10.2. The summed E-state index contributed by atoms with van der Waals surface area (Å²) in [6.07, 6.45) is -3.45. The molecule has 1 aromatic heterocycles. The average Bonchev–Trinajstić information content (AvgIpc) is 2.35. The standard InChI is InChI=1S/C12H12N2O6/c13-8(16)4-7(15)10(17)5-2-1-3-6-9(5)11(18)20-12(19)14-6/h1-3,7,10,15,17H,4H2,(H2,13,16)(H,14,19). The van der Waals surface area contributed by atoms with Crippen LogP contribution in [0.15, 0.2) is 32.2 Å². The van der Waals surface area contributed by atoms with Crippen LogP contribution in [0.25, 0.3) is 10.9 Å². The zero-order valence-corrected chi connectivity index (χ0v) is 10.2. The highest BCUT2D eigenvalue weighted by atomic mass is 16.4. The van der Waals surface area contributed by atoms with Crippen molar-refractivity contribution in [2.75, 3.05) is 0 Å². The number of nitrogens with two attached hydrogens (primary N) is 1. The maximum atomic E-state index is 11.7. The van der Waals surface area contributed by atoms with E-state index in [2.05, 4.69) is 9.40 Å². The molecule has 0 aliphatic rings. The molecule has 106 valence electrons. The maximum Gasteiger partial charge on any atom is 0.419 e. The number of hydrogen-bond acceptors (Lipinski definition) is 6. The lowest BCUT2D eigenvalue weighted by Crippen LogP contribution is -2.27. The van der Waals surface area contributed by atoms with Crippen molar-refractivity contribution < 1.29 is 19.4 Å². The Morgan fingerprint density at radius 1 is 1.35 bits per heavy atom. The van der Waals surface area contributed by atoms with E-state index in [0.717, 1.165) is 0 Å². The smallest absolute Gasteiger partial charge is 0.390 e. The van der Waals surface area contributed by atoms with Crippen LogP contribution in [-0.2, 0) is 4.79 Å². The van der Waals surface area contributed by atoms with Gasteiger partial charge in [-0.25, -0.2) is 9.59 Å². The summed E-state index contributed by atoms with van der Waals surface area (Å²) < 4.78 is 4.39. The van der Waals surface area contributed by atoms with Gasteiger partial charge in [0.2, 0.25) is 5.91 Å². The monoisotopic (exact) mass is 280 g/mol. The van der Waals surface area contributed by atoms with E-state index < -0.39 is 35.9 Å². The van der Waals surface area contributed by atoms with E-state index in [4.69, 9.17) is 5.73 Å². The Balaban J connectivity index is 2.57. The normalized spacial score (nSPS) is 14.1. The first-order valence-corrected chi connectivity index (χ1v) is 5.70. The molecule has 5 N–H and O–H groups in total. The van der Waals surface area contributed by atoms with Crippen LogP contribution < -0.4 is 17.1 Å². The summed E-state index contributed by atoms with van der Waals surface area (Å²) in [4.78, 5) is 35.8. The van der Waals surface area contributed by atoms with E-state index in [1.807, 2.05) is 0 Å². The van der Waals surface area contributed by atoms with Crippen molar-refractivity contribution in [1.82, 2.24) is 4.98 Å². The minimum Gasteiger partial charge on any atom is -0.390 e. The quantitative estimate of drug-likeness (QED) is 0.550. The molecule has 2 aromatic rings. The lowest BCUT2D eigenvalue weighted by atomic mass is 9.98. The molecule has 0 saturated heterocycles. The molecular formula is C12H12N2O6. The van der Waals surface area contributed by atoms with Gasteiger partial charge in [-0.2, -0.15) is 0 Å². The van der Waals surface area contributed by atoms with Gasteiger partial charge in [-0.15, -0.1) is 0 Å². The van der Waals surface area contributed by atoms with Gasteiger partial charge in [-0.05, 0) is 11.6 Å². The summed E-state index contributed by atoms with van der Waals surface area (Å²) in [6, 6.07) is 4.31. The fourth-order valence-electron chi connectivity index (χ4n) is 1.94. The van der Waals surface area contributed by atoms with Crippen LogP contribution >= 0.6 is 0 Å². The number of aromatic nitrogens is 1. The number of hydrogen-bond donors (Lipinski definition) is 4. The summed E-state index contributed by atoms with van der Waals surface area (Å²) in [7, 11) is 0. The molecule has 0 aliphatic heterocycles. The topological polar surface area (TPSA) is 147 Å². The maximum absolute atomic E-state index is 11.7. The third-order valence-corrected chi connectivity index (χ3v) is 2.82. The van der Waals surface area contributed by atoms with Crippen molar-refractivity contribution in [3.05, 3.63) is 44.7 Å². The third kappa shape index (κ3) is 2.60. The number of aliphatic hydroxyl groups is 2. The average molecular weight is 280 g/mol. The van der Waals surface area contributed by atoms with Gasteiger partial charge in [0.15, 0.2) is 0 Å². The summed E-state index contributed by atoms with van der Waals surface area (Å²) >= 11 is 0. The van der Waals surface area contributed by atoms with E-state index in [0.29, 0.717) is 0 Å². The Morgan fingerprint density at radius 2 is 2.05 bits per heavy atom. The predicted octanol–water partition coefficient (Wildman–Crippen LogP) is -1.25. The molecule has 0 saturated carbocycles. The number of carbonyl (C=O) groups excluding carboxylic acids is 1. The summed E-state index contributed by atoms with van der Waals surface area (Å²) in [5.41, 5.74) is 4.20. The SMILES string of the molecule is NC(=O)CC(O)C(O)c1cccc2[nH]c(=O)oc(=O)c12. The molecule has 8 nitrogen and oxygen atoms in total. The molecule has 1 aromatic carbocycles. The molecule has 20 heavy (non-hydrogen) atoms. The Labute approximate surface area is 111 Å². The number of H-pyrrole nitrogens is 1. The minimum atomic E-state index is -1.51. The second kappa shape index (κ2) is 5.27. The highest BCUT2D eigenvalue weighted by Crippen LogP contribution is 2.23. The van der Waals surface area contributed by atoms with Crippen LogP contribution in [0.2, 0.25) is 0 Å². The van der Waals surface area contributed by atoms with Crippen LogP contribution in [0.3, 0.4) is 0 Å². The Kier molecular flexibility index (Phi) is 3.68. The molecule has 2 unspecified atom stereocenters. The first-order valence-electron chi connectivity index (χ1n) is 5.70. The third-order valence-electron chi connectivity index (χ3n) is 2.82. The molecular weight excluding hydrogens is 268 g/mol.